The summed E-state index contributed by atoms with van der Waals surface area (Å²) in [6, 6.07) is 18.1. The molecule has 0 radical (unpaired) electrons. The van der Waals surface area contributed by atoms with Crippen LogP contribution < -0.4 is 10.5 Å². The lowest BCUT2D eigenvalue weighted by Crippen LogP contribution is -2.17. The van der Waals surface area contributed by atoms with E-state index in [0.29, 0.717) is 21.9 Å². The van der Waals surface area contributed by atoms with Crippen molar-refractivity contribution in [3.63, 3.8) is 0 Å². The molecule has 198 valence electrons. The number of halogens is 1. The van der Waals surface area contributed by atoms with Crippen LogP contribution in [0.2, 0.25) is 5.02 Å². The number of fused-ring (bicyclic) bond motifs is 1. The van der Waals surface area contributed by atoms with Gasteiger partial charge in [0.1, 0.15) is 11.6 Å². The first-order chi connectivity index (χ1) is 18.1. The number of benzene rings is 3. The predicted molar refractivity (Wildman–Crippen MR) is 149 cm³/mol. The molecule has 1 fully saturated rings. The van der Waals surface area contributed by atoms with Crippen molar-refractivity contribution in [2.75, 3.05) is 5.75 Å². The lowest BCUT2D eigenvalue weighted by atomic mass is 9.95. The van der Waals surface area contributed by atoms with Gasteiger partial charge in [-0.25, -0.2) is 13.4 Å². The Labute approximate surface area is 227 Å². The van der Waals surface area contributed by atoms with E-state index in [1.165, 1.54) is 0 Å². The van der Waals surface area contributed by atoms with Gasteiger partial charge in [0.05, 0.1) is 38.7 Å². The van der Waals surface area contributed by atoms with Crippen molar-refractivity contribution in [3.8, 4) is 16.9 Å². The molecule has 9 heteroatoms. The number of nitrogens with two attached hydrogens (primary N) is 1. The molecule has 1 saturated carbocycles. The second-order valence-electron chi connectivity index (χ2n) is 10.2. The van der Waals surface area contributed by atoms with Gasteiger partial charge in [-0.2, -0.15) is 0 Å². The maximum Gasteiger partial charge on any atom is 0.218 e. The molecule has 1 heterocycles. The van der Waals surface area contributed by atoms with Crippen LogP contribution in [0.3, 0.4) is 0 Å². The molecule has 7 nitrogen and oxygen atoms in total. The van der Waals surface area contributed by atoms with Gasteiger partial charge in [-0.15, -0.1) is 0 Å². The van der Waals surface area contributed by atoms with E-state index in [1.807, 2.05) is 50.2 Å². The van der Waals surface area contributed by atoms with Gasteiger partial charge in [0.15, 0.2) is 9.84 Å². The van der Waals surface area contributed by atoms with E-state index in [2.05, 4.69) is 4.98 Å². The molecule has 1 aliphatic rings. The molecule has 5 rings (SSSR count). The zero-order valence-electron chi connectivity index (χ0n) is 21.3. The van der Waals surface area contributed by atoms with Gasteiger partial charge in [-0.05, 0) is 68.5 Å². The molecule has 1 amide bonds. The number of imidazole rings is 1. The summed E-state index contributed by atoms with van der Waals surface area (Å²) in [5.74, 6) is 0.751. The Balaban J connectivity index is 1.51. The number of carbonyl (C=O) groups is 1. The summed E-state index contributed by atoms with van der Waals surface area (Å²) in [6.45, 7) is 3.94. The minimum Gasteiger partial charge on any atom is -0.490 e. The molecule has 1 aromatic heterocycles. The summed E-state index contributed by atoms with van der Waals surface area (Å²) < 4.78 is 31.3. The summed E-state index contributed by atoms with van der Waals surface area (Å²) in [5, 5.41) is 0.532. The number of H-pyrrole nitrogens is 1. The molecule has 0 aliphatic heterocycles. The maximum absolute atomic E-state index is 12.7. The summed E-state index contributed by atoms with van der Waals surface area (Å²) >= 11 is 6.70. The smallest absolute Gasteiger partial charge is 0.218 e. The van der Waals surface area contributed by atoms with Gasteiger partial charge >= 0.3 is 0 Å². The average molecular weight is 552 g/mol. The third kappa shape index (κ3) is 5.71. The number of para-hydroxylation sites is 1. The Morgan fingerprint density at radius 3 is 2.47 bits per heavy atom. The Kier molecular flexibility index (Phi) is 7.20. The highest BCUT2D eigenvalue weighted by atomic mass is 35.5. The van der Waals surface area contributed by atoms with E-state index in [0.717, 1.165) is 35.3 Å². The van der Waals surface area contributed by atoms with Gasteiger partial charge in [0, 0.05) is 17.5 Å². The molecule has 38 heavy (non-hydrogen) atoms. The van der Waals surface area contributed by atoms with Crippen LogP contribution in [0.4, 0.5) is 0 Å². The van der Waals surface area contributed by atoms with E-state index >= 15 is 0 Å². The Morgan fingerprint density at radius 1 is 1.11 bits per heavy atom. The number of hydrogen-bond donors (Lipinski definition) is 2. The zero-order valence-corrected chi connectivity index (χ0v) is 22.9. The Morgan fingerprint density at radius 2 is 1.82 bits per heavy atom. The SMILES string of the molecule is CC(C)Oc1ccccc1-c1cc2nc([C@H](CC(N)=O)c3ccc(S(=O)(=O)CC4CC4)cc3)[nH]c2cc1Cl. The van der Waals surface area contributed by atoms with Crippen molar-refractivity contribution < 1.29 is 17.9 Å². The first-order valence-corrected chi connectivity index (χ1v) is 14.7. The zero-order chi connectivity index (χ0) is 27.0. The molecular weight excluding hydrogens is 522 g/mol. The largest absolute Gasteiger partial charge is 0.490 e. The van der Waals surface area contributed by atoms with Crippen LogP contribution >= 0.6 is 11.6 Å². The number of amides is 1. The first-order valence-electron chi connectivity index (χ1n) is 12.7. The molecule has 0 spiro atoms. The third-order valence-electron chi connectivity index (χ3n) is 6.66. The van der Waals surface area contributed by atoms with Crippen LogP contribution in [0.25, 0.3) is 22.2 Å². The predicted octanol–water partition coefficient (Wildman–Crippen LogP) is 5.86. The highest BCUT2D eigenvalue weighted by molar-refractivity contribution is 7.91. The molecule has 3 aromatic carbocycles. The fraction of sp³-hybridized carbons (Fsp3) is 0.310. The van der Waals surface area contributed by atoms with Gasteiger partial charge in [-0.3, -0.25) is 4.79 Å². The van der Waals surface area contributed by atoms with E-state index in [-0.39, 0.29) is 29.1 Å². The van der Waals surface area contributed by atoms with Crippen molar-refractivity contribution in [2.24, 2.45) is 11.7 Å². The maximum atomic E-state index is 12.7. The van der Waals surface area contributed by atoms with Crippen LogP contribution in [-0.4, -0.2) is 36.1 Å². The molecule has 0 bridgehead atoms. The van der Waals surface area contributed by atoms with E-state index in [9.17, 15) is 13.2 Å². The summed E-state index contributed by atoms with van der Waals surface area (Å²) in [5.41, 5.74) is 9.37. The van der Waals surface area contributed by atoms with E-state index in [1.54, 1.807) is 24.3 Å². The molecular formula is C29H30ClN3O4S. The number of aromatic nitrogens is 2. The first kappa shape index (κ1) is 26.3. The molecule has 4 aromatic rings. The Bertz CT molecular complexity index is 1590. The van der Waals surface area contributed by atoms with Gasteiger partial charge < -0.3 is 15.5 Å². The van der Waals surface area contributed by atoms with E-state index < -0.39 is 21.7 Å². The topological polar surface area (TPSA) is 115 Å². The Hall–Kier alpha value is -3.36. The quantitative estimate of drug-likeness (QED) is 0.256. The summed E-state index contributed by atoms with van der Waals surface area (Å²) in [7, 11) is -3.33. The van der Waals surface area contributed by atoms with Crippen molar-refractivity contribution in [1.82, 2.24) is 9.97 Å². The second-order valence-corrected chi connectivity index (χ2v) is 12.6. The van der Waals surface area contributed by atoms with Crippen LogP contribution in [0, 0.1) is 5.92 Å². The summed E-state index contributed by atoms with van der Waals surface area (Å²) in [4.78, 5) is 20.4. The minimum absolute atomic E-state index is 0.000262. The monoisotopic (exact) mass is 551 g/mol. The number of carbonyl (C=O) groups excluding carboxylic acids is 1. The molecule has 0 saturated heterocycles. The fourth-order valence-corrected chi connectivity index (χ4v) is 6.60. The number of nitrogens with one attached hydrogen (secondary N) is 1. The van der Waals surface area contributed by atoms with Crippen LogP contribution in [0.15, 0.2) is 65.6 Å². The number of aromatic amines is 1. The van der Waals surface area contributed by atoms with Crippen LogP contribution in [-0.2, 0) is 14.6 Å². The normalized spacial score (nSPS) is 14.6. The van der Waals surface area contributed by atoms with Crippen LogP contribution in [0.5, 0.6) is 5.75 Å². The molecule has 1 atom stereocenters. The number of sulfone groups is 1. The number of nitrogens with zero attached hydrogens (tertiary/aromatic N) is 1. The van der Waals surface area contributed by atoms with Crippen molar-refractivity contribution >= 4 is 38.4 Å². The standard InChI is InChI=1S/C29H30ClN3O4S/c1-17(2)37-27-6-4-3-5-21(27)23-13-25-26(15-24(23)30)33-29(32-25)22(14-28(31)34)19-9-11-20(12-10-19)38(35,36)16-18-7-8-18/h3-6,9-13,15,17-18,22H,7-8,14,16H2,1-2H3,(H2,31,34)(H,32,33)/t22-/m1/s1. The number of rotatable bonds is 10. The number of hydrogen-bond acceptors (Lipinski definition) is 5. The highest BCUT2D eigenvalue weighted by Crippen LogP contribution is 2.38. The van der Waals surface area contributed by atoms with Gasteiger partial charge in [0.2, 0.25) is 5.91 Å². The van der Waals surface area contributed by atoms with Gasteiger partial charge in [0.25, 0.3) is 0 Å². The molecule has 3 N–H and O–H groups in total. The van der Waals surface area contributed by atoms with Crippen molar-refractivity contribution in [1.29, 1.82) is 0 Å². The average Bonchev–Trinajstić information content (AvgIpc) is 3.57. The fourth-order valence-electron chi connectivity index (χ4n) is 4.64. The summed E-state index contributed by atoms with van der Waals surface area (Å²) in [6.07, 6.45) is 1.94. The van der Waals surface area contributed by atoms with Crippen LogP contribution in [0.1, 0.15) is 50.4 Å². The second kappa shape index (κ2) is 10.4. The third-order valence-corrected chi connectivity index (χ3v) is 8.87. The van der Waals surface area contributed by atoms with Crippen molar-refractivity contribution in [3.05, 3.63) is 77.1 Å². The molecule has 0 unspecified atom stereocenters. The van der Waals surface area contributed by atoms with Crippen molar-refractivity contribution in [2.45, 2.75) is 50.0 Å². The molecule has 1 aliphatic carbocycles. The lowest BCUT2D eigenvalue weighted by Gasteiger charge is -2.15. The number of primary amides is 1. The van der Waals surface area contributed by atoms with Gasteiger partial charge in [-0.1, -0.05) is 41.9 Å². The van der Waals surface area contributed by atoms with E-state index in [4.69, 9.17) is 27.1 Å². The lowest BCUT2D eigenvalue weighted by molar-refractivity contribution is -0.118. The minimum atomic E-state index is -3.33. The highest BCUT2D eigenvalue weighted by Gasteiger charge is 2.29. The number of ether oxygens (including phenoxy) is 1.